The van der Waals surface area contributed by atoms with Crippen LogP contribution in [0.4, 0.5) is 4.79 Å². The monoisotopic (exact) mass is 246 g/mol. The van der Waals surface area contributed by atoms with Crippen molar-refractivity contribution in [3.8, 4) is 0 Å². The lowest BCUT2D eigenvalue weighted by atomic mass is 10.2. The van der Waals surface area contributed by atoms with E-state index in [0.717, 1.165) is 12.8 Å². The first-order chi connectivity index (χ1) is 7.81. The number of nitrogens with one attached hydrogen (secondary N) is 2. The summed E-state index contributed by atoms with van der Waals surface area (Å²) in [5.41, 5.74) is -0.479. The van der Waals surface area contributed by atoms with E-state index in [1.54, 1.807) is 0 Å². The van der Waals surface area contributed by atoms with E-state index >= 15 is 0 Å². The van der Waals surface area contributed by atoms with Gasteiger partial charge in [-0.25, -0.2) is 4.79 Å². The van der Waals surface area contributed by atoms with Crippen LogP contribution in [0.3, 0.4) is 0 Å². The number of hydrogen-bond acceptors (Lipinski definition) is 4. The Hall–Kier alpha value is -1.30. The van der Waals surface area contributed by atoms with E-state index in [1.165, 1.54) is 0 Å². The number of carboxylic acids is 1. The first-order valence-electron chi connectivity index (χ1n) is 5.70. The van der Waals surface area contributed by atoms with Gasteiger partial charge in [0, 0.05) is 6.54 Å². The van der Waals surface area contributed by atoms with Crippen LogP contribution in [-0.2, 0) is 9.53 Å². The lowest BCUT2D eigenvalue weighted by molar-refractivity contribution is -0.135. The summed E-state index contributed by atoms with van der Waals surface area (Å²) in [6.45, 7) is 6.55. The van der Waals surface area contributed by atoms with Crippen LogP contribution in [0.5, 0.6) is 0 Å². The second-order valence-electron chi connectivity index (χ2n) is 4.71. The molecule has 0 aliphatic rings. The smallest absolute Gasteiger partial charge is 0.407 e. The van der Waals surface area contributed by atoms with Gasteiger partial charge in [-0.2, -0.15) is 0 Å². The average molecular weight is 246 g/mol. The van der Waals surface area contributed by atoms with Crippen LogP contribution in [0.2, 0.25) is 0 Å². The fourth-order valence-corrected chi connectivity index (χ4v) is 1.07. The molecule has 0 aliphatic heterocycles. The zero-order chi connectivity index (χ0) is 13.3. The first kappa shape index (κ1) is 15.7. The Labute approximate surface area is 102 Å². The topological polar surface area (TPSA) is 87.7 Å². The number of carbonyl (C=O) groups excluding carboxylic acids is 1. The van der Waals surface area contributed by atoms with E-state index < -0.39 is 17.7 Å². The fraction of sp³-hybridized carbons (Fsp3) is 0.818. The zero-order valence-electron chi connectivity index (χ0n) is 10.7. The van der Waals surface area contributed by atoms with Gasteiger partial charge in [0.25, 0.3) is 0 Å². The standard InChI is InChI=1S/C11H22N2O4/c1-11(2,3)17-10(16)13-7-5-4-6-12-8-9(14)15/h12H,4-8H2,1-3H3,(H,13,16)(H,14,15). The van der Waals surface area contributed by atoms with Crippen molar-refractivity contribution < 1.29 is 19.4 Å². The molecule has 6 heteroatoms. The van der Waals surface area contributed by atoms with Gasteiger partial charge in [-0.1, -0.05) is 0 Å². The van der Waals surface area contributed by atoms with Crippen LogP contribution in [0.1, 0.15) is 33.6 Å². The lowest BCUT2D eigenvalue weighted by Crippen LogP contribution is -2.33. The van der Waals surface area contributed by atoms with E-state index in [-0.39, 0.29) is 6.54 Å². The SMILES string of the molecule is CC(C)(C)OC(=O)NCCCCNCC(=O)O. The lowest BCUT2D eigenvalue weighted by Gasteiger charge is -2.19. The van der Waals surface area contributed by atoms with Gasteiger partial charge in [-0.15, -0.1) is 0 Å². The van der Waals surface area contributed by atoms with Crippen LogP contribution in [0.25, 0.3) is 0 Å². The maximum atomic E-state index is 11.2. The molecule has 6 nitrogen and oxygen atoms in total. The maximum Gasteiger partial charge on any atom is 0.407 e. The van der Waals surface area contributed by atoms with Gasteiger partial charge >= 0.3 is 12.1 Å². The van der Waals surface area contributed by atoms with E-state index in [4.69, 9.17) is 9.84 Å². The van der Waals surface area contributed by atoms with Crippen LogP contribution >= 0.6 is 0 Å². The van der Waals surface area contributed by atoms with E-state index in [2.05, 4.69) is 10.6 Å². The maximum absolute atomic E-state index is 11.2. The second-order valence-corrected chi connectivity index (χ2v) is 4.71. The van der Waals surface area contributed by atoms with Crippen molar-refractivity contribution in [1.82, 2.24) is 10.6 Å². The molecule has 0 radical (unpaired) electrons. The van der Waals surface area contributed by atoms with Gasteiger partial charge in [0.05, 0.1) is 6.54 Å². The van der Waals surface area contributed by atoms with Crippen molar-refractivity contribution in [2.75, 3.05) is 19.6 Å². The fourth-order valence-electron chi connectivity index (χ4n) is 1.07. The van der Waals surface area contributed by atoms with Crippen molar-refractivity contribution in [2.24, 2.45) is 0 Å². The van der Waals surface area contributed by atoms with E-state index in [9.17, 15) is 9.59 Å². The Kier molecular flexibility index (Phi) is 7.29. The molecule has 0 aromatic heterocycles. The summed E-state index contributed by atoms with van der Waals surface area (Å²) in [7, 11) is 0. The van der Waals surface area contributed by atoms with E-state index in [0.29, 0.717) is 13.1 Å². The minimum absolute atomic E-state index is 0.0283. The Morgan fingerprint density at radius 3 is 2.29 bits per heavy atom. The molecule has 0 aromatic carbocycles. The number of unbranched alkanes of at least 4 members (excludes halogenated alkanes) is 1. The van der Waals surface area contributed by atoms with Crippen molar-refractivity contribution >= 4 is 12.1 Å². The van der Waals surface area contributed by atoms with Crippen molar-refractivity contribution in [3.63, 3.8) is 0 Å². The molecular weight excluding hydrogens is 224 g/mol. The number of amides is 1. The number of hydrogen-bond donors (Lipinski definition) is 3. The van der Waals surface area contributed by atoms with Gasteiger partial charge in [0.15, 0.2) is 0 Å². The Morgan fingerprint density at radius 2 is 1.76 bits per heavy atom. The van der Waals surface area contributed by atoms with Crippen molar-refractivity contribution in [3.05, 3.63) is 0 Å². The number of rotatable bonds is 7. The summed E-state index contributed by atoms with van der Waals surface area (Å²) in [5, 5.41) is 13.8. The number of carbonyl (C=O) groups is 2. The average Bonchev–Trinajstić information content (AvgIpc) is 2.12. The molecule has 100 valence electrons. The number of carboxylic acid groups (broad SMARTS) is 1. The Morgan fingerprint density at radius 1 is 1.18 bits per heavy atom. The molecule has 0 rings (SSSR count). The Balaban J connectivity index is 3.34. The van der Waals surface area contributed by atoms with Crippen molar-refractivity contribution in [1.29, 1.82) is 0 Å². The molecule has 0 aliphatic carbocycles. The molecule has 0 fully saturated rings. The normalized spacial score (nSPS) is 11.0. The predicted octanol–water partition coefficient (Wildman–Crippen LogP) is 0.965. The molecule has 1 amide bonds. The summed E-state index contributed by atoms with van der Waals surface area (Å²) < 4.78 is 5.05. The number of aliphatic carboxylic acids is 1. The van der Waals surface area contributed by atoms with Crippen molar-refractivity contribution in [2.45, 2.75) is 39.2 Å². The molecular formula is C11H22N2O4. The second kappa shape index (κ2) is 7.89. The van der Waals surface area contributed by atoms with E-state index in [1.807, 2.05) is 20.8 Å². The molecule has 0 saturated carbocycles. The molecule has 3 N–H and O–H groups in total. The largest absolute Gasteiger partial charge is 0.480 e. The van der Waals surface area contributed by atoms with Gasteiger partial charge in [0.2, 0.25) is 0 Å². The highest BCUT2D eigenvalue weighted by Crippen LogP contribution is 2.06. The molecule has 0 spiro atoms. The third-order valence-electron chi connectivity index (χ3n) is 1.72. The quantitative estimate of drug-likeness (QED) is 0.582. The third kappa shape index (κ3) is 12.6. The number of alkyl carbamates (subject to hydrolysis) is 1. The predicted molar refractivity (Wildman–Crippen MR) is 64.0 cm³/mol. The molecule has 17 heavy (non-hydrogen) atoms. The third-order valence-corrected chi connectivity index (χ3v) is 1.72. The van der Waals surface area contributed by atoms with Crippen LogP contribution in [-0.4, -0.2) is 42.4 Å². The highest BCUT2D eigenvalue weighted by atomic mass is 16.6. The first-order valence-corrected chi connectivity index (χ1v) is 5.70. The summed E-state index contributed by atoms with van der Waals surface area (Å²) in [6.07, 6.45) is 1.17. The number of ether oxygens (including phenoxy) is 1. The summed E-state index contributed by atoms with van der Waals surface area (Å²) in [5.74, 6) is -0.864. The summed E-state index contributed by atoms with van der Waals surface area (Å²) >= 11 is 0. The van der Waals surface area contributed by atoms with Crippen LogP contribution in [0.15, 0.2) is 0 Å². The van der Waals surface area contributed by atoms with Gasteiger partial charge in [0.1, 0.15) is 5.60 Å². The van der Waals surface area contributed by atoms with Gasteiger partial charge in [-0.3, -0.25) is 4.79 Å². The minimum atomic E-state index is -0.864. The molecule has 0 bridgehead atoms. The van der Waals surface area contributed by atoms with Crippen LogP contribution < -0.4 is 10.6 Å². The Bertz CT molecular complexity index is 248. The summed E-state index contributed by atoms with van der Waals surface area (Å²) in [4.78, 5) is 21.4. The van der Waals surface area contributed by atoms with Crippen LogP contribution in [0, 0.1) is 0 Å². The highest BCUT2D eigenvalue weighted by Gasteiger charge is 2.15. The molecule has 0 unspecified atom stereocenters. The zero-order valence-corrected chi connectivity index (χ0v) is 10.7. The molecule has 0 saturated heterocycles. The van der Waals surface area contributed by atoms with Gasteiger partial charge in [-0.05, 0) is 40.2 Å². The summed E-state index contributed by atoms with van der Waals surface area (Å²) in [6, 6.07) is 0. The molecule has 0 heterocycles. The molecule has 0 aromatic rings. The highest BCUT2D eigenvalue weighted by molar-refractivity contribution is 5.69. The van der Waals surface area contributed by atoms with Gasteiger partial charge < -0.3 is 20.5 Å². The minimum Gasteiger partial charge on any atom is -0.480 e. The molecule has 0 atom stereocenters.